The minimum absolute atomic E-state index is 0.101. The molecule has 0 amide bonds. The Labute approximate surface area is 93.0 Å². The molecule has 0 spiro atoms. The molecule has 1 unspecified atom stereocenters. The zero-order valence-electron chi connectivity index (χ0n) is 10.0. The minimum atomic E-state index is -0.101. The second-order valence-corrected chi connectivity index (χ2v) is 4.33. The van der Waals surface area contributed by atoms with Crippen LogP contribution in [0.4, 0.5) is 0 Å². The molecule has 1 rings (SSSR count). The Morgan fingerprint density at radius 2 is 2.00 bits per heavy atom. The lowest BCUT2D eigenvalue weighted by atomic mass is 10.0. The van der Waals surface area contributed by atoms with Gasteiger partial charge in [0.1, 0.15) is 0 Å². The van der Waals surface area contributed by atoms with Crippen LogP contribution in [0.15, 0.2) is 23.8 Å². The van der Waals surface area contributed by atoms with Gasteiger partial charge in [-0.15, -0.1) is 0 Å². The SMILES string of the molecule is CC(C)=CCCC(C)/C=C/C1OCCO1. The Morgan fingerprint density at radius 1 is 1.33 bits per heavy atom. The van der Waals surface area contributed by atoms with E-state index < -0.39 is 0 Å². The van der Waals surface area contributed by atoms with Crippen LogP contribution in [0, 0.1) is 5.92 Å². The summed E-state index contributed by atoms with van der Waals surface area (Å²) in [5.41, 5.74) is 1.40. The summed E-state index contributed by atoms with van der Waals surface area (Å²) in [7, 11) is 0. The molecular formula is C13H22O2. The Balaban J connectivity index is 2.16. The predicted molar refractivity (Wildman–Crippen MR) is 62.7 cm³/mol. The second-order valence-electron chi connectivity index (χ2n) is 4.33. The summed E-state index contributed by atoms with van der Waals surface area (Å²) in [4.78, 5) is 0. The van der Waals surface area contributed by atoms with E-state index >= 15 is 0 Å². The molecule has 0 aliphatic carbocycles. The van der Waals surface area contributed by atoms with E-state index in [9.17, 15) is 0 Å². The molecule has 0 bridgehead atoms. The zero-order valence-corrected chi connectivity index (χ0v) is 10.0. The van der Waals surface area contributed by atoms with Gasteiger partial charge < -0.3 is 9.47 Å². The van der Waals surface area contributed by atoms with Gasteiger partial charge >= 0.3 is 0 Å². The standard InChI is InChI=1S/C13H22O2/c1-11(2)5-4-6-12(3)7-8-13-14-9-10-15-13/h5,7-8,12-13H,4,6,9-10H2,1-3H3/b8-7+. The number of hydrogen-bond acceptors (Lipinski definition) is 2. The molecule has 15 heavy (non-hydrogen) atoms. The van der Waals surface area contributed by atoms with Gasteiger partial charge in [0, 0.05) is 0 Å². The third-order valence-electron chi connectivity index (χ3n) is 2.42. The normalized spacial score (nSPS) is 19.7. The Hall–Kier alpha value is -0.600. The van der Waals surface area contributed by atoms with Crippen molar-refractivity contribution in [3.8, 4) is 0 Å². The summed E-state index contributed by atoms with van der Waals surface area (Å²) in [5.74, 6) is 0.591. The molecule has 86 valence electrons. The average molecular weight is 210 g/mol. The van der Waals surface area contributed by atoms with Crippen LogP contribution in [-0.4, -0.2) is 19.5 Å². The number of hydrogen-bond donors (Lipinski definition) is 0. The highest BCUT2D eigenvalue weighted by Gasteiger charge is 2.11. The third-order valence-corrected chi connectivity index (χ3v) is 2.42. The summed E-state index contributed by atoms with van der Waals surface area (Å²) in [5, 5.41) is 0. The highest BCUT2D eigenvalue weighted by atomic mass is 16.7. The van der Waals surface area contributed by atoms with Crippen LogP contribution < -0.4 is 0 Å². The number of allylic oxidation sites excluding steroid dienone is 3. The highest BCUT2D eigenvalue weighted by molar-refractivity contribution is 4.95. The van der Waals surface area contributed by atoms with Gasteiger partial charge in [-0.3, -0.25) is 0 Å². The minimum Gasteiger partial charge on any atom is -0.347 e. The maximum Gasteiger partial charge on any atom is 0.177 e. The van der Waals surface area contributed by atoms with Gasteiger partial charge in [0.25, 0.3) is 0 Å². The van der Waals surface area contributed by atoms with Crippen LogP contribution in [0.5, 0.6) is 0 Å². The lowest BCUT2D eigenvalue weighted by molar-refractivity contribution is -0.00192. The van der Waals surface area contributed by atoms with Crippen LogP contribution in [0.1, 0.15) is 33.6 Å². The molecule has 1 atom stereocenters. The monoisotopic (exact) mass is 210 g/mol. The van der Waals surface area contributed by atoms with E-state index in [0.29, 0.717) is 5.92 Å². The van der Waals surface area contributed by atoms with Gasteiger partial charge in [-0.2, -0.15) is 0 Å². The topological polar surface area (TPSA) is 18.5 Å². The van der Waals surface area contributed by atoms with E-state index in [-0.39, 0.29) is 6.29 Å². The van der Waals surface area contributed by atoms with Crippen LogP contribution in [0.3, 0.4) is 0 Å². The van der Waals surface area contributed by atoms with Crippen molar-refractivity contribution in [1.29, 1.82) is 0 Å². The first-order chi connectivity index (χ1) is 7.18. The molecule has 1 aliphatic heterocycles. The van der Waals surface area contributed by atoms with Gasteiger partial charge in [-0.05, 0) is 38.7 Å². The summed E-state index contributed by atoms with van der Waals surface area (Å²) < 4.78 is 10.7. The van der Waals surface area contributed by atoms with E-state index in [1.54, 1.807) is 0 Å². The molecule has 1 heterocycles. The molecule has 2 nitrogen and oxygen atoms in total. The van der Waals surface area contributed by atoms with Gasteiger partial charge in [-0.25, -0.2) is 0 Å². The first-order valence-corrected chi connectivity index (χ1v) is 5.73. The highest BCUT2D eigenvalue weighted by Crippen LogP contribution is 2.12. The van der Waals surface area contributed by atoms with Crippen LogP contribution in [-0.2, 0) is 9.47 Å². The zero-order chi connectivity index (χ0) is 11.1. The van der Waals surface area contributed by atoms with E-state index in [0.717, 1.165) is 19.6 Å². The Kier molecular flexibility index (Phi) is 5.66. The smallest absolute Gasteiger partial charge is 0.177 e. The molecule has 0 aromatic heterocycles. The first kappa shape index (κ1) is 12.5. The van der Waals surface area contributed by atoms with Crippen molar-refractivity contribution in [2.45, 2.75) is 39.9 Å². The molecule has 1 saturated heterocycles. The molecule has 1 aliphatic rings. The molecule has 0 N–H and O–H groups in total. The Morgan fingerprint density at radius 3 is 2.60 bits per heavy atom. The van der Waals surface area contributed by atoms with Crippen molar-refractivity contribution in [2.75, 3.05) is 13.2 Å². The van der Waals surface area contributed by atoms with Crippen molar-refractivity contribution in [3.63, 3.8) is 0 Å². The molecule has 0 aromatic rings. The van der Waals surface area contributed by atoms with Crippen LogP contribution in [0.2, 0.25) is 0 Å². The molecule has 2 heteroatoms. The third kappa shape index (κ3) is 5.75. The molecule has 0 radical (unpaired) electrons. The summed E-state index contributed by atoms with van der Waals surface area (Å²) in [6.45, 7) is 7.95. The van der Waals surface area contributed by atoms with Crippen molar-refractivity contribution in [1.82, 2.24) is 0 Å². The average Bonchev–Trinajstić information content (AvgIpc) is 2.66. The van der Waals surface area contributed by atoms with Gasteiger partial charge in [0.2, 0.25) is 0 Å². The molecule has 1 fully saturated rings. The lowest BCUT2D eigenvalue weighted by Gasteiger charge is -2.06. The lowest BCUT2D eigenvalue weighted by Crippen LogP contribution is -2.03. The Bertz CT molecular complexity index is 221. The van der Waals surface area contributed by atoms with Crippen molar-refractivity contribution >= 4 is 0 Å². The predicted octanol–water partition coefficient (Wildman–Crippen LogP) is 3.30. The van der Waals surface area contributed by atoms with Gasteiger partial charge in [-0.1, -0.05) is 24.6 Å². The fraction of sp³-hybridized carbons (Fsp3) is 0.692. The summed E-state index contributed by atoms with van der Waals surface area (Å²) >= 11 is 0. The van der Waals surface area contributed by atoms with Crippen LogP contribution in [0.25, 0.3) is 0 Å². The summed E-state index contributed by atoms with van der Waals surface area (Å²) in [6, 6.07) is 0. The maximum atomic E-state index is 5.33. The molecule has 0 saturated carbocycles. The van der Waals surface area contributed by atoms with Crippen LogP contribution >= 0.6 is 0 Å². The van der Waals surface area contributed by atoms with Gasteiger partial charge in [0.15, 0.2) is 6.29 Å². The van der Waals surface area contributed by atoms with E-state index in [2.05, 4.69) is 32.9 Å². The fourth-order valence-corrected chi connectivity index (χ4v) is 1.50. The molecular weight excluding hydrogens is 188 g/mol. The van der Waals surface area contributed by atoms with Crippen molar-refractivity contribution < 1.29 is 9.47 Å². The summed E-state index contributed by atoms with van der Waals surface area (Å²) in [6.07, 6.45) is 8.74. The quantitative estimate of drug-likeness (QED) is 0.648. The first-order valence-electron chi connectivity index (χ1n) is 5.73. The van der Waals surface area contributed by atoms with Crippen molar-refractivity contribution in [3.05, 3.63) is 23.8 Å². The number of rotatable bonds is 5. The van der Waals surface area contributed by atoms with Crippen molar-refractivity contribution in [2.24, 2.45) is 5.92 Å². The second kappa shape index (κ2) is 6.81. The largest absolute Gasteiger partial charge is 0.347 e. The number of ether oxygens (including phenoxy) is 2. The maximum absolute atomic E-state index is 5.33. The molecule has 0 aromatic carbocycles. The van der Waals surface area contributed by atoms with Gasteiger partial charge in [0.05, 0.1) is 13.2 Å². The van der Waals surface area contributed by atoms with E-state index in [1.807, 2.05) is 6.08 Å². The van der Waals surface area contributed by atoms with E-state index in [1.165, 1.54) is 12.0 Å². The van der Waals surface area contributed by atoms with E-state index in [4.69, 9.17) is 9.47 Å². The fourth-order valence-electron chi connectivity index (χ4n) is 1.50.